The minimum atomic E-state index is -3.81. The summed E-state index contributed by atoms with van der Waals surface area (Å²) in [6, 6.07) is 10.1. The molecule has 0 aliphatic carbocycles. The SMILES string of the molecule is CCOC(=O)N1CCN(S(=O)(=O)c2ccc(C(=O)N(CC3CCCO3)c3nc4ccc(F)cc4s3)cc2)CC1. The van der Waals surface area contributed by atoms with E-state index in [2.05, 4.69) is 4.98 Å². The molecular weight excluding hydrogens is 547 g/mol. The molecule has 0 spiro atoms. The fourth-order valence-electron chi connectivity index (χ4n) is 4.64. The molecule has 2 amide bonds. The van der Waals surface area contributed by atoms with Crippen molar-refractivity contribution in [1.29, 1.82) is 0 Å². The standard InChI is InChI=1S/C26H29FN4O6S2/c1-2-36-26(33)29-11-13-30(14-12-29)39(34,35)21-8-5-18(6-9-21)24(32)31(17-20-4-3-15-37-20)25-28-22-10-7-19(27)16-23(22)38-25/h5-10,16,20H,2-4,11-15,17H2,1H3. The van der Waals surface area contributed by atoms with Gasteiger partial charge in [0.05, 0.1) is 34.4 Å². The maximum atomic E-state index is 13.8. The van der Waals surface area contributed by atoms with Gasteiger partial charge in [-0.2, -0.15) is 4.31 Å². The van der Waals surface area contributed by atoms with E-state index in [4.69, 9.17) is 9.47 Å². The molecule has 1 atom stereocenters. The Hall–Kier alpha value is -3.13. The number of ether oxygens (including phenoxy) is 2. The second kappa shape index (κ2) is 11.5. The summed E-state index contributed by atoms with van der Waals surface area (Å²) in [4.78, 5) is 33.2. The monoisotopic (exact) mass is 576 g/mol. The van der Waals surface area contributed by atoms with Gasteiger partial charge in [-0.15, -0.1) is 0 Å². The highest BCUT2D eigenvalue weighted by Gasteiger charge is 2.32. The maximum Gasteiger partial charge on any atom is 0.409 e. The molecule has 2 saturated heterocycles. The van der Waals surface area contributed by atoms with Crippen molar-refractivity contribution in [2.75, 3.05) is 50.8 Å². The second-order valence-electron chi connectivity index (χ2n) is 9.27. The van der Waals surface area contributed by atoms with Crippen LogP contribution in [0.5, 0.6) is 0 Å². The molecular formula is C26H29FN4O6S2. The van der Waals surface area contributed by atoms with E-state index in [9.17, 15) is 22.4 Å². The Kier molecular flexibility index (Phi) is 8.12. The minimum absolute atomic E-state index is 0.0600. The van der Waals surface area contributed by atoms with E-state index in [1.807, 2.05) is 0 Å². The van der Waals surface area contributed by atoms with Crippen LogP contribution in [0.2, 0.25) is 0 Å². The van der Waals surface area contributed by atoms with Gasteiger partial charge < -0.3 is 14.4 Å². The van der Waals surface area contributed by atoms with Crippen LogP contribution in [0.3, 0.4) is 0 Å². The molecule has 2 aromatic carbocycles. The molecule has 3 heterocycles. The predicted molar refractivity (Wildman–Crippen MR) is 144 cm³/mol. The molecule has 0 radical (unpaired) electrons. The van der Waals surface area contributed by atoms with Crippen molar-refractivity contribution in [2.24, 2.45) is 0 Å². The molecule has 1 unspecified atom stereocenters. The number of sulfonamides is 1. The molecule has 208 valence electrons. The number of hydrogen-bond donors (Lipinski definition) is 0. The van der Waals surface area contributed by atoms with E-state index in [1.165, 1.54) is 61.8 Å². The molecule has 10 nitrogen and oxygen atoms in total. The molecule has 2 fully saturated rings. The number of carbonyl (C=O) groups is 2. The first-order valence-corrected chi connectivity index (χ1v) is 15.0. The van der Waals surface area contributed by atoms with E-state index in [1.54, 1.807) is 13.0 Å². The lowest BCUT2D eigenvalue weighted by Crippen LogP contribution is -2.50. The Labute approximate surface area is 230 Å². The van der Waals surface area contributed by atoms with E-state index >= 15 is 0 Å². The lowest BCUT2D eigenvalue weighted by molar-refractivity contribution is 0.0916. The van der Waals surface area contributed by atoms with Crippen molar-refractivity contribution in [3.63, 3.8) is 0 Å². The summed E-state index contributed by atoms with van der Waals surface area (Å²) in [6.45, 7) is 3.65. The number of anilines is 1. The van der Waals surface area contributed by atoms with E-state index in [0.717, 1.165) is 12.8 Å². The molecule has 1 aromatic heterocycles. The van der Waals surface area contributed by atoms with Gasteiger partial charge in [-0.3, -0.25) is 9.69 Å². The number of thiazole rings is 1. The van der Waals surface area contributed by atoms with Gasteiger partial charge >= 0.3 is 6.09 Å². The lowest BCUT2D eigenvalue weighted by atomic mass is 10.2. The van der Waals surface area contributed by atoms with Crippen LogP contribution in [0.15, 0.2) is 47.4 Å². The van der Waals surface area contributed by atoms with E-state index in [0.29, 0.717) is 27.5 Å². The Balaban J connectivity index is 1.34. The molecule has 39 heavy (non-hydrogen) atoms. The minimum Gasteiger partial charge on any atom is -0.450 e. The van der Waals surface area contributed by atoms with Crippen molar-refractivity contribution in [2.45, 2.75) is 30.8 Å². The van der Waals surface area contributed by atoms with Crippen LogP contribution in [0.25, 0.3) is 10.2 Å². The molecule has 0 saturated carbocycles. The van der Waals surface area contributed by atoms with Crippen LogP contribution in [-0.4, -0.2) is 86.6 Å². The van der Waals surface area contributed by atoms with Crippen LogP contribution < -0.4 is 4.90 Å². The van der Waals surface area contributed by atoms with Crippen LogP contribution in [-0.2, 0) is 19.5 Å². The predicted octanol–water partition coefficient (Wildman–Crippen LogP) is 3.72. The number of hydrogen-bond acceptors (Lipinski definition) is 8. The number of halogens is 1. The first-order valence-electron chi connectivity index (χ1n) is 12.8. The highest BCUT2D eigenvalue weighted by Crippen LogP contribution is 2.31. The average Bonchev–Trinajstić information content (AvgIpc) is 3.61. The van der Waals surface area contributed by atoms with Crippen molar-refractivity contribution in [1.82, 2.24) is 14.2 Å². The van der Waals surface area contributed by atoms with Crippen molar-refractivity contribution in [3.8, 4) is 0 Å². The highest BCUT2D eigenvalue weighted by molar-refractivity contribution is 7.89. The average molecular weight is 577 g/mol. The van der Waals surface area contributed by atoms with Gasteiger partial charge in [-0.25, -0.2) is 22.6 Å². The molecule has 5 rings (SSSR count). The topological polar surface area (TPSA) is 109 Å². The number of nitrogens with zero attached hydrogens (tertiary/aromatic N) is 4. The van der Waals surface area contributed by atoms with Crippen molar-refractivity contribution in [3.05, 3.63) is 53.8 Å². The quantitative estimate of drug-likeness (QED) is 0.422. The number of rotatable bonds is 7. The largest absolute Gasteiger partial charge is 0.450 e. The molecule has 2 aliphatic heterocycles. The first-order chi connectivity index (χ1) is 18.8. The lowest BCUT2D eigenvalue weighted by Gasteiger charge is -2.33. The maximum absolute atomic E-state index is 13.8. The van der Waals surface area contributed by atoms with Crippen LogP contribution >= 0.6 is 11.3 Å². The van der Waals surface area contributed by atoms with Gasteiger partial charge in [0.1, 0.15) is 5.82 Å². The normalized spacial score (nSPS) is 18.4. The van der Waals surface area contributed by atoms with Gasteiger partial charge in [-0.05, 0) is 62.2 Å². The number of fused-ring (bicyclic) bond motifs is 1. The summed E-state index contributed by atoms with van der Waals surface area (Å²) in [5.41, 5.74) is 0.885. The number of carbonyl (C=O) groups excluding carboxylic acids is 2. The Morgan fingerprint density at radius 2 is 1.90 bits per heavy atom. The highest BCUT2D eigenvalue weighted by atomic mass is 32.2. The summed E-state index contributed by atoms with van der Waals surface area (Å²) >= 11 is 1.22. The Bertz CT molecular complexity index is 1450. The third-order valence-corrected chi connectivity index (χ3v) is 9.68. The zero-order chi connectivity index (χ0) is 27.6. The smallest absolute Gasteiger partial charge is 0.409 e. The van der Waals surface area contributed by atoms with Gasteiger partial charge in [0.15, 0.2) is 5.13 Å². The summed E-state index contributed by atoms with van der Waals surface area (Å²) in [5, 5.41) is 0.423. The summed E-state index contributed by atoms with van der Waals surface area (Å²) in [5.74, 6) is -0.731. The zero-order valence-corrected chi connectivity index (χ0v) is 23.0. The van der Waals surface area contributed by atoms with Crippen molar-refractivity contribution < 1.29 is 31.9 Å². The number of piperazine rings is 1. The van der Waals surface area contributed by atoms with E-state index in [-0.39, 0.29) is 62.1 Å². The Morgan fingerprint density at radius 3 is 2.56 bits per heavy atom. The Morgan fingerprint density at radius 1 is 1.15 bits per heavy atom. The fraction of sp³-hybridized carbons (Fsp3) is 0.423. The summed E-state index contributed by atoms with van der Waals surface area (Å²) < 4.78 is 52.9. The van der Waals surface area contributed by atoms with Gasteiger partial charge in [0.2, 0.25) is 10.0 Å². The molecule has 0 bridgehead atoms. The summed E-state index contributed by atoms with van der Waals surface area (Å²) in [7, 11) is -3.81. The van der Waals surface area contributed by atoms with Gasteiger partial charge in [-0.1, -0.05) is 11.3 Å². The number of amides is 2. The molecule has 13 heteroatoms. The van der Waals surface area contributed by atoms with Crippen molar-refractivity contribution >= 4 is 48.7 Å². The third-order valence-electron chi connectivity index (χ3n) is 6.73. The number of benzene rings is 2. The molecule has 0 N–H and O–H groups in total. The molecule has 2 aliphatic rings. The summed E-state index contributed by atoms with van der Waals surface area (Å²) in [6.07, 6.45) is 1.11. The first kappa shape index (κ1) is 27.4. The van der Waals surface area contributed by atoms with Crippen LogP contribution in [0.4, 0.5) is 14.3 Å². The second-order valence-corrected chi connectivity index (χ2v) is 12.2. The van der Waals surface area contributed by atoms with Gasteiger partial charge in [0.25, 0.3) is 5.91 Å². The third kappa shape index (κ3) is 5.91. The van der Waals surface area contributed by atoms with Crippen LogP contribution in [0, 0.1) is 5.82 Å². The number of aromatic nitrogens is 1. The van der Waals surface area contributed by atoms with Gasteiger partial charge in [0, 0.05) is 38.3 Å². The zero-order valence-electron chi connectivity index (χ0n) is 21.4. The molecule has 3 aromatic rings. The fourth-order valence-corrected chi connectivity index (χ4v) is 7.06. The van der Waals surface area contributed by atoms with Crippen LogP contribution in [0.1, 0.15) is 30.1 Å². The van der Waals surface area contributed by atoms with E-state index < -0.39 is 16.1 Å².